The molecule has 1 aliphatic carbocycles. The lowest BCUT2D eigenvalue weighted by Crippen LogP contribution is -2.49. The number of amides is 2. The highest BCUT2D eigenvalue weighted by Crippen LogP contribution is 2.29. The van der Waals surface area contributed by atoms with Crippen molar-refractivity contribution < 1.29 is 28.9 Å². The van der Waals surface area contributed by atoms with E-state index in [1.165, 1.54) is 0 Å². The summed E-state index contributed by atoms with van der Waals surface area (Å²) in [6.45, 7) is 3.83. The molecule has 54 heavy (non-hydrogen) atoms. The van der Waals surface area contributed by atoms with Gasteiger partial charge < -0.3 is 42.4 Å². The second kappa shape index (κ2) is 19.7. The maximum absolute atomic E-state index is 13.1. The maximum Gasteiger partial charge on any atom is 0.328 e. The molecule has 2 aliphatic heterocycles. The standard InChI is InChI=1S/C38H54N10O6/c39-37(40)43-31-13-7-27(8-14-31)11-17-33(49)45-19-23-47(24-20-45)53-35(51)29-3-1-4-30(6-2-5-29)36(52)54-48-25-21-46(22-26-48)34(50)18-12-28-9-15-32(16-10-28)44-38(41)42/h7-10,13-16,29-30H,1-6,11-12,17-26H2,(H4,39,40,43)(H4,41,42,44). The number of carbonyl (C=O) groups is 4. The smallest absolute Gasteiger partial charge is 0.328 e. The third-order valence-corrected chi connectivity index (χ3v) is 10.1. The largest absolute Gasteiger partial charge is 0.370 e. The van der Waals surface area contributed by atoms with E-state index in [9.17, 15) is 19.2 Å². The Hall–Kier alpha value is -5.22. The van der Waals surface area contributed by atoms with Crippen molar-refractivity contribution in [2.75, 3.05) is 52.4 Å². The molecule has 3 aliphatic rings. The normalized spacial score (nSPS) is 19.9. The van der Waals surface area contributed by atoms with Gasteiger partial charge in [-0.25, -0.2) is 9.98 Å². The van der Waals surface area contributed by atoms with E-state index in [2.05, 4.69) is 9.98 Å². The minimum atomic E-state index is -0.242. The molecule has 2 heterocycles. The van der Waals surface area contributed by atoms with Gasteiger partial charge in [0.15, 0.2) is 11.9 Å². The number of aryl methyl sites for hydroxylation is 2. The summed E-state index contributed by atoms with van der Waals surface area (Å²) in [5.74, 6) is -0.810. The van der Waals surface area contributed by atoms with Crippen molar-refractivity contribution >= 4 is 47.0 Å². The number of piperazine rings is 2. The highest BCUT2D eigenvalue weighted by molar-refractivity contribution is 5.80. The van der Waals surface area contributed by atoms with E-state index in [1.54, 1.807) is 10.1 Å². The molecule has 2 saturated heterocycles. The Morgan fingerprint density at radius 2 is 0.870 bits per heavy atom. The zero-order valence-corrected chi connectivity index (χ0v) is 30.9. The highest BCUT2D eigenvalue weighted by Gasteiger charge is 2.31. The van der Waals surface area contributed by atoms with E-state index in [4.69, 9.17) is 32.6 Å². The average molecular weight is 747 g/mol. The second-order valence-electron chi connectivity index (χ2n) is 14.1. The van der Waals surface area contributed by atoms with Crippen molar-refractivity contribution in [2.45, 2.75) is 64.2 Å². The van der Waals surface area contributed by atoms with Gasteiger partial charge in [-0.3, -0.25) is 19.2 Å². The van der Waals surface area contributed by atoms with Gasteiger partial charge in [-0.1, -0.05) is 37.1 Å². The molecule has 2 aromatic rings. The number of hydroxylamine groups is 4. The summed E-state index contributed by atoms with van der Waals surface area (Å²) in [7, 11) is 0. The van der Waals surface area contributed by atoms with Crippen LogP contribution in [0.2, 0.25) is 0 Å². The Kier molecular flexibility index (Phi) is 14.6. The summed E-state index contributed by atoms with van der Waals surface area (Å²) in [6, 6.07) is 14.9. The molecule has 16 nitrogen and oxygen atoms in total. The van der Waals surface area contributed by atoms with Gasteiger partial charge in [0.25, 0.3) is 0 Å². The Labute approximate surface area is 316 Å². The molecule has 1 saturated carbocycles. The number of benzene rings is 2. The van der Waals surface area contributed by atoms with Gasteiger partial charge in [-0.05, 0) is 73.9 Å². The minimum Gasteiger partial charge on any atom is -0.370 e. The fraction of sp³-hybridized carbons (Fsp3) is 0.526. The van der Waals surface area contributed by atoms with E-state index < -0.39 is 0 Å². The number of nitrogens with two attached hydrogens (primary N) is 4. The molecule has 8 N–H and O–H groups in total. The third-order valence-electron chi connectivity index (χ3n) is 10.1. The quantitative estimate of drug-likeness (QED) is 0.180. The van der Waals surface area contributed by atoms with E-state index in [0.717, 1.165) is 24.0 Å². The molecule has 0 atom stereocenters. The predicted molar refractivity (Wildman–Crippen MR) is 204 cm³/mol. The van der Waals surface area contributed by atoms with Crippen molar-refractivity contribution in [1.82, 2.24) is 19.9 Å². The first-order valence-corrected chi connectivity index (χ1v) is 18.9. The van der Waals surface area contributed by atoms with Gasteiger partial charge in [0.05, 0.1) is 49.4 Å². The van der Waals surface area contributed by atoms with Crippen molar-refractivity contribution in [3.63, 3.8) is 0 Å². The fourth-order valence-corrected chi connectivity index (χ4v) is 7.03. The number of aliphatic imine (C=N–C) groups is 2. The average Bonchev–Trinajstić information content (AvgIpc) is 3.14. The van der Waals surface area contributed by atoms with E-state index in [1.807, 2.05) is 58.3 Å². The van der Waals surface area contributed by atoms with Crippen LogP contribution in [-0.2, 0) is 41.7 Å². The summed E-state index contributed by atoms with van der Waals surface area (Å²) >= 11 is 0. The molecule has 5 rings (SSSR count). The van der Waals surface area contributed by atoms with Gasteiger partial charge in [-0.2, -0.15) is 0 Å². The third kappa shape index (κ3) is 12.4. The van der Waals surface area contributed by atoms with Crippen LogP contribution in [0.15, 0.2) is 58.5 Å². The number of hydrogen-bond donors (Lipinski definition) is 4. The summed E-state index contributed by atoms with van der Waals surface area (Å²) in [6.07, 6.45) is 6.02. The molecular formula is C38H54N10O6. The first-order chi connectivity index (χ1) is 26.0. The molecule has 3 fully saturated rings. The van der Waals surface area contributed by atoms with E-state index in [-0.39, 0.29) is 47.5 Å². The fourth-order valence-electron chi connectivity index (χ4n) is 7.03. The molecule has 0 radical (unpaired) electrons. The molecule has 2 amide bonds. The Morgan fingerprint density at radius 3 is 1.19 bits per heavy atom. The predicted octanol–water partition coefficient (Wildman–Crippen LogP) is 1.85. The molecule has 16 heteroatoms. The number of nitrogens with zero attached hydrogens (tertiary/aromatic N) is 6. The van der Waals surface area contributed by atoms with Crippen LogP contribution in [0.1, 0.15) is 62.5 Å². The van der Waals surface area contributed by atoms with Crippen molar-refractivity contribution in [2.24, 2.45) is 44.8 Å². The SMILES string of the molecule is NC(N)=Nc1ccc(CCC(=O)N2CCN(OC(=O)C3CCCC(C(=O)ON4CCN(C(=O)CCc5ccc(N=C(N)N)cc5)CC4)CCC3)CC2)cc1. The molecule has 2 aromatic carbocycles. The van der Waals surface area contributed by atoms with Gasteiger partial charge in [0.2, 0.25) is 11.8 Å². The molecule has 0 bridgehead atoms. The lowest BCUT2D eigenvalue weighted by Gasteiger charge is -2.35. The number of hydrogen-bond acceptors (Lipinski definition) is 10. The number of rotatable bonds is 12. The van der Waals surface area contributed by atoms with Crippen LogP contribution in [-0.4, -0.2) is 108 Å². The number of guanidine groups is 2. The van der Waals surface area contributed by atoms with Crippen molar-refractivity contribution in [3.8, 4) is 0 Å². The van der Waals surface area contributed by atoms with Crippen LogP contribution in [0.25, 0.3) is 0 Å². The van der Waals surface area contributed by atoms with E-state index >= 15 is 0 Å². The molecule has 292 valence electrons. The molecule has 0 spiro atoms. The van der Waals surface area contributed by atoms with Gasteiger partial charge >= 0.3 is 11.9 Å². The summed E-state index contributed by atoms with van der Waals surface area (Å²) in [5.41, 5.74) is 25.0. The zero-order valence-electron chi connectivity index (χ0n) is 30.9. The minimum absolute atomic E-state index is 0.00149. The van der Waals surface area contributed by atoms with Crippen LogP contribution < -0.4 is 22.9 Å². The monoisotopic (exact) mass is 746 g/mol. The lowest BCUT2D eigenvalue weighted by molar-refractivity contribution is -0.204. The van der Waals surface area contributed by atoms with Crippen LogP contribution in [0.4, 0.5) is 11.4 Å². The molecule has 0 aromatic heterocycles. The Morgan fingerprint density at radius 1 is 0.537 bits per heavy atom. The van der Waals surface area contributed by atoms with Gasteiger partial charge in [-0.15, -0.1) is 10.1 Å². The van der Waals surface area contributed by atoms with Crippen LogP contribution in [0.3, 0.4) is 0 Å². The second-order valence-corrected chi connectivity index (χ2v) is 14.1. The van der Waals surface area contributed by atoms with Gasteiger partial charge in [0, 0.05) is 39.0 Å². The first-order valence-electron chi connectivity index (χ1n) is 18.9. The Balaban J connectivity index is 0.939. The summed E-state index contributed by atoms with van der Waals surface area (Å²) in [4.78, 5) is 75.0. The Bertz CT molecular complexity index is 1500. The van der Waals surface area contributed by atoms with E-state index in [0.29, 0.717) is 115 Å². The topological polar surface area (TPSA) is 228 Å². The zero-order chi connectivity index (χ0) is 38.5. The highest BCUT2D eigenvalue weighted by atomic mass is 16.7. The molecular weight excluding hydrogens is 692 g/mol. The lowest BCUT2D eigenvalue weighted by atomic mass is 9.86. The van der Waals surface area contributed by atoms with Crippen LogP contribution >= 0.6 is 0 Å². The maximum atomic E-state index is 13.1. The van der Waals surface area contributed by atoms with Crippen molar-refractivity contribution in [3.05, 3.63) is 59.7 Å². The first kappa shape index (κ1) is 40.0. The van der Waals surface area contributed by atoms with Gasteiger partial charge in [0.1, 0.15) is 0 Å². The van der Waals surface area contributed by atoms with Crippen LogP contribution in [0, 0.1) is 11.8 Å². The summed E-state index contributed by atoms with van der Waals surface area (Å²) < 4.78 is 0. The molecule has 0 unspecified atom stereocenters. The summed E-state index contributed by atoms with van der Waals surface area (Å²) in [5, 5.41) is 3.33. The van der Waals surface area contributed by atoms with Crippen molar-refractivity contribution in [1.29, 1.82) is 0 Å². The number of carbonyl (C=O) groups excluding carboxylic acids is 4. The van der Waals surface area contributed by atoms with Crippen LogP contribution in [0.5, 0.6) is 0 Å².